The van der Waals surface area contributed by atoms with Gasteiger partial charge in [-0.15, -0.1) is 30.4 Å². The summed E-state index contributed by atoms with van der Waals surface area (Å²) >= 11 is 0. The molecule has 20 heavy (non-hydrogen) atoms. The first-order valence-corrected chi connectivity index (χ1v) is 7.38. The summed E-state index contributed by atoms with van der Waals surface area (Å²) in [6, 6.07) is 0.531. The van der Waals surface area contributed by atoms with Crippen molar-refractivity contribution in [1.29, 1.82) is 0 Å². The Balaban J connectivity index is 0.00000361. The Hall–Kier alpha value is -0.480. The fraction of sp³-hybridized carbons (Fsp3) is 0.800. The quantitative estimate of drug-likeness (QED) is 0.314. The van der Waals surface area contributed by atoms with E-state index in [1.807, 2.05) is 0 Å². The van der Waals surface area contributed by atoms with E-state index in [0.29, 0.717) is 18.5 Å². The molecule has 116 valence electrons. The maximum atomic E-state index is 5.27. The third-order valence-corrected chi connectivity index (χ3v) is 3.52. The molecule has 0 amide bonds. The minimum Gasteiger partial charge on any atom is -0.357 e. The molecule has 0 aromatic carbocycles. The van der Waals surface area contributed by atoms with Crippen LogP contribution in [0.2, 0.25) is 0 Å². The molecule has 0 bridgehead atoms. The van der Waals surface area contributed by atoms with Gasteiger partial charge in [0.1, 0.15) is 0 Å². The van der Waals surface area contributed by atoms with E-state index >= 15 is 0 Å². The van der Waals surface area contributed by atoms with Crippen molar-refractivity contribution in [3.05, 3.63) is 0 Å². The second kappa shape index (κ2) is 11.2. The molecular weight excluding hydrogens is 363 g/mol. The smallest absolute Gasteiger partial charge is 0.192 e. The van der Waals surface area contributed by atoms with Gasteiger partial charge in [-0.3, -0.25) is 9.89 Å². The number of likely N-dealkylation sites (tertiary alicyclic amines) is 1. The number of guanidine groups is 1. The molecule has 0 aromatic heterocycles. The lowest BCUT2D eigenvalue weighted by Gasteiger charge is -2.29. The highest BCUT2D eigenvalue weighted by atomic mass is 127. The third kappa shape index (κ3) is 6.80. The van der Waals surface area contributed by atoms with Gasteiger partial charge in [0.25, 0.3) is 0 Å². The molecular formula is C15H29IN4. The van der Waals surface area contributed by atoms with Crippen molar-refractivity contribution in [2.24, 2.45) is 10.9 Å². The minimum absolute atomic E-state index is 0. The van der Waals surface area contributed by atoms with Crippen LogP contribution in [0.25, 0.3) is 0 Å². The van der Waals surface area contributed by atoms with Gasteiger partial charge in [0, 0.05) is 12.6 Å². The number of nitrogens with one attached hydrogen (secondary N) is 2. The van der Waals surface area contributed by atoms with Crippen molar-refractivity contribution in [3.63, 3.8) is 0 Å². The van der Waals surface area contributed by atoms with Gasteiger partial charge in [0.2, 0.25) is 0 Å². The second-order valence-electron chi connectivity index (χ2n) is 5.33. The van der Waals surface area contributed by atoms with Crippen molar-refractivity contribution in [1.82, 2.24) is 15.5 Å². The Morgan fingerprint density at radius 1 is 1.30 bits per heavy atom. The van der Waals surface area contributed by atoms with E-state index in [4.69, 9.17) is 6.42 Å². The summed E-state index contributed by atoms with van der Waals surface area (Å²) in [7, 11) is 0. The van der Waals surface area contributed by atoms with Gasteiger partial charge in [-0.1, -0.05) is 19.8 Å². The van der Waals surface area contributed by atoms with E-state index in [2.05, 4.69) is 47.2 Å². The summed E-state index contributed by atoms with van der Waals surface area (Å²) in [5.41, 5.74) is 0. The topological polar surface area (TPSA) is 39.7 Å². The Bertz CT molecular complexity index is 316. The average Bonchev–Trinajstić information content (AvgIpc) is 2.89. The Labute approximate surface area is 141 Å². The molecule has 0 saturated carbocycles. The summed E-state index contributed by atoms with van der Waals surface area (Å²) < 4.78 is 0. The second-order valence-corrected chi connectivity index (χ2v) is 5.33. The Morgan fingerprint density at radius 2 is 1.95 bits per heavy atom. The molecule has 1 fully saturated rings. The van der Waals surface area contributed by atoms with Crippen LogP contribution >= 0.6 is 24.0 Å². The van der Waals surface area contributed by atoms with E-state index in [0.717, 1.165) is 19.0 Å². The summed E-state index contributed by atoms with van der Waals surface area (Å²) in [6.45, 7) is 11.2. The molecule has 2 N–H and O–H groups in total. The van der Waals surface area contributed by atoms with E-state index in [1.54, 1.807) is 0 Å². The molecule has 0 aliphatic carbocycles. The van der Waals surface area contributed by atoms with Crippen molar-refractivity contribution in [2.45, 2.75) is 39.7 Å². The van der Waals surface area contributed by atoms with Crippen LogP contribution in [-0.2, 0) is 0 Å². The standard InChI is InChI=1S/C15H28N4.HI/c1-5-9-17-15(16-6-2)18-12-14(13(3)4)19-10-7-8-11-19;/h1,13-14H,6-12H2,2-4H3,(H2,16,17,18);1H. The van der Waals surface area contributed by atoms with Gasteiger partial charge in [-0.05, 0) is 38.8 Å². The van der Waals surface area contributed by atoms with Crippen LogP contribution in [0, 0.1) is 18.3 Å². The maximum absolute atomic E-state index is 5.27. The zero-order valence-electron chi connectivity index (χ0n) is 13.0. The Morgan fingerprint density at radius 3 is 2.45 bits per heavy atom. The number of terminal acetylenes is 1. The van der Waals surface area contributed by atoms with Gasteiger partial charge >= 0.3 is 0 Å². The first-order chi connectivity index (χ1) is 9.19. The molecule has 1 heterocycles. The van der Waals surface area contributed by atoms with Crippen LogP contribution < -0.4 is 10.6 Å². The van der Waals surface area contributed by atoms with Crippen LogP contribution in [0.15, 0.2) is 4.99 Å². The van der Waals surface area contributed by atoms with Crippen molar-refractivity contribution < 1.29 is 0 Å². The molecule has 1 aliphatic rings. The van der Waals surface area contributed by atoms with Gasteiger partial charge in [0.05, 0.1) is 13.1 Å². The monoisotopic (exact) mass is 392 g/mol. The lowest BCUT2D eigenvalue weighted by Crippen LogP contribution is -2.42. The molecule has 4 nitrogen and oxygen atoms in total. The number of halogens is 1. The highest BCUT2D eigenvalue weighted by molar-refractivity contribution is 14.0. The number of nitrogens with zero attached hydrogens (tertiary/aromatic N) is 2. The van der Waals surface area contributed by atoms with Gasteiger partial charge in [0.15, 0.2) is 5.96 Å². The van der Waals surface area contributed by atoms with E-state index in [1.165, 1.54) is 25.9 Å². The summed E-state index contributed by atoms with van der Waals surface area (Å²) in [5, 5.41) is 6.37. The predicted molar refractivity (Wildman–Crippen MR) is 97.7 cm³/mol. The molecule has 1 unspecified atom stereocenters. The molecule has 1 aliphatic heterocycles. The SMILES string of the molecule is C#CCNC(=NCC(C(C)C)N1CCCC1)NCC.I. The van der Waals surface area contributed by atoms with Crippen LogP contribution in [0.3, 0.4) is 0 Å². The molecule has 5 heteroatoms. The Kier molecular flexibility index (Phi) is 10.9. The predicted octanol–water partition coefficient (Wildman–Crippen LogP) is 1.91. The molecule has 0 radical (unpaired) electrons. The third-order valence-electron chi connectivity index (χ3n) is 3.52. The first-order valence-electron chi connectivity index (χ1n) is 7.38. The molecule has 0 spiro atoms. The fourth-order valence-electron chi connectivity index (χ4n) is 2.48. The van der Waals surface area contributed by atoms with E-state index < -0.39 is 0 Å². The molecule has 1 rings (SSSR count). The fourth-order valence-corrected chi connectivity index (χ4v) is 2.48. The largest absolute Gasteiger partial charge is 0.357 e. The minimum atomic E-state index is 0. The molecule has 1 saturated heterocycles. The number of hydrogen-bond donors (Lipinski definition) is 2. The number of aliphatic imine (C=N–C) groups is 1. The highest BCUT2D eigenvalue weighted by Crippen LogP contribution is 2.17. The van der Waals surface area contributed by atoms with Gasteiger partial charge in [-0.2, -0.15) is 0 Å². The summed E-state index contributed by atoms with van der Waals surface area (Å²) in [4.78, 5) is 7.24. The average molecular weight is 392 g/mol. The lowest BCUT2D eigenvalue weighted by atomic mass is 10.0. The maximum Gasteiger partial charge on any atom is 0.192 e. The lowest BCUT2D eigenvalue weighted by molar-refractivity contribution is 0.197. The van der Waals surface area contributed by atoms with Crippen molar-refractivity contribution in [2.75, 3.05) is 32.7 Å². The van der Waals surface area contributed by atoms with Crippen molar-refractivity contribution in [3.8, 4) is 12.3 Å². The van der Waals surface area contributed by atoms with Crippen LogP contribution in [0.4, 0.5) is 0 Å². The number of rotatable bonds is 6. The summed E-state index contributed by atoms with van der Waals surface area (Å²) in [5.74, 6) is 4.03. The van der Waals surface area contributed by atoms with Crippen LogP contribution in [-0.4, -0.2) is 49.6 Å². The highest BCUT2D eigenvalue weighted by Gasteiger charge is 2.24. The van der Waals surface area contributed by atoms with E-state index in [-0.39, 0.29) is 24.0 Å². The summed E-state index contributed by atoms with van der Waals surface area (Å²) in [6.07, 6.45) is 7.92. The van der Waals surface area contributed by atoms with Crippen LogP contribution in [0.5, 0.6) is 0 Å². The first kappa shape index (κ1) is 19.5. The zero-order chi connectivity index (χ0) is 14.1. The van der Waals surface area contributed by atoms with E-state index in [9.17, 15) is 0 Å². The zero-order valence-corrected chi connectivity index (χ0v) is 15.3. The molecule has 0 aromatic rings. The van der Waals surface area contributed by atoms with Crippen molar-refractivity contribution >= 4 is 29.9 Å². The molecule has 1 atom stereocenters. The number of hydrogen-bond acceptors (Lipinski definition) is 2. The normalized spacial score (nSPS) is 17.4. The van der Waals surface area contributed by atoms with Crippen LogP contribution in [0.1, 0.15) is 33.6 Å². The van der Waals surface area contributed by atoms with Gasteiger partial charge in [-0.25, -0.2) is 0 Å². The van der Waals surface area contributed by atoms with Gasteiger partial charge < -0.3 is 10.6 Å².